The van der Waals surface area contributed by atoms with Gasteiger partial charge in [0.1, 0.15) is 0 Å². The first-order valence-electron chi connectivity index (χ1n) is 1.19. The summed E-state index contributed by atoms with van der Waals surface area (Å²) in [7, 11) is 0. The van der Waals surface area contributed by atoms with Crippen LogP contribution in [0, 0.1) is 0 Å². The lowest BCUT2D eigenvalue weighted by molar-refractivity contribution is -0.134. The molecule has 0 rings (SSSR count). The molecule has 0 aromatic heterocycles. The highest BCUT2D eigenvalue weighted by Crippen LogP contribution is 1.42. The Kier molecular flexibility index (Phi) is 13.6. The molecule has 0 aliphatic rings. The van der Waals surface area contributed by atoms with Crippen molar-refractivity contribution >= 4 is 18.8 Å². The summed E-state index contributed by atoms with van der Waals surface area (Å²) in [6, 6.07) is 0. The summed E-state index contributed by atoms with van der Waals surface area (Å²) >= 11 is 3.03. The second kappa shape index (κ2) is 8.84. The van der Waals surface area contributed by atoms with Gasteiger partial charge < -0.3 is 5.11 Å². The van der Waals surface area contributed by atoms with Crippen LogP contribution in [0.2, 0.25) is 0 Å². The van der Waals surface area contributed by atoms with E-state index in [1.807, 2.05) is 0 Å². The van der Waals surface area contributed by atoms with Gasteiger partial charge in [-0.05, 0) is 0 Å². The van der Waals surface area contributed by atoms with E-state index in [2.05, 4.69) is 18.0 Å². The number of rotatable bonds is 0. The van der Waals surface area contributed by atoms with Gasteiger partial charge >= 0.3 is 0 Å². The topological polar surface area (TPSA) is 63.3 Å². The second-order valence-electron chi connectivity index (χ2n) is 0.519. The summed E-state index contributed by atoms with van der Waals surface area (Å²) in [4.78, 5) is 9.00. The van der Waals surface area contributed by atoms with Crippen molar-refractivity contribution in [2.24, 2.45) is 5.14 Å². The number of carboxylic acids is 1. The minimum absolute atomic E-state index is 0.833. The first-order valence-corrected chi connectivity index (χ1v) is 1.70. The molecule has 0 aromatic carbocycles. The van der Waals surface area contributed by atoms with E-state index in [4.69, 9.17) is 9.90 Å². The molecule has 6 heavy (non-hydrogen) atoms. The zero-order chi connectivity index (χ0) is 5.58. The van der Waals surface area contributed by atoms with Crippen LogP contribution in [0.15, 0.2) is 0 Å². The van der Waals surface area contributed by atoms with Crippen LogP contribution in [0.3, 0.4) is 0 Å². The molecule has 0 saturated heterocycles. The van der Waals surface area contributed by atoms with E-state index in [9.17, 15) is 0 Å². The Balaban J connectivity index is 0. The zero-order valence-corrected chi connectivity index (χ0v) is 4.27. The number of carbonyl (C=O) groups is 1. The monoisotopic (exact) mass is 109 g/mol. The molecule has 3 nitrogen and oxygen atoms in total. The maximum atomic E-state index is 9.00. The van der Waals surface area contributed by atoms with E-state index < -0.39 is 5.97 Å². The van der Waals surface area contributed by atoms with Gasteiger partial charge in [-0.15, -0.1) is 12.8 Å². The number of hydrogen-bond donors (Lipinski definition) is 3. The van der Waals surface area contributed by atoms with Crippen LogP contribution in [-0.4, -0.2) is 11.1 Å². The Bertz CT molecular complexity index is 34.5. The fourth-order valence-corrected chi connectivity index (χ4v) is 0. The second-order valence-corrected chi connectivity index (χ2v) is 0.519. The summed E-state index contributed by atoms with van der Waals surface area (Å²) in [5, 5.41) is 11.6. The average molecular weight is 109 g/mol. The molecule has 0 bridgehead atoms. The molecule has 0 fully saturated rings. The molecule has 3 N–H and O–H groups in total. The minimum Gasteiger partial charge on any atom is -0.481 e. The van der Waals surface area contributed by atoms with Crippen molar-refractivity contribution in [2.75, 3.05) is 0 Å². The minimum atomic E-state index is -0.833. The molecule has 0 aromatic rings. The lowest BCUT2D eigenvalue weighted by Crippen LogP contribution is -1.78. The van der Waals surface area contributed by atoms with Gasteiger partial charge in [0.25, 0.3) is 5.97 Å². The highest BCUT2D eigenvalue weighted by atomic mass is 32.1. The Morgan fingerprint density at radius 2 is 1.83 bits per heavy atom. The first kappa shape index (κ1) is 9.24. The van der Waals surface area contributed by atoms with E-state index >= 15 is 0 Å². The van der Waals surface area contributed by atoms with Crippen LogP contribution in [0.4, 0.5) is 0 Å². The lowest BCUT2D eigenvalue weighted by atomic mass is 10.9. The van der Waals surface area contributed by atoms with Gasteiger partial charge in [-0.25, -0.2) is 0 Å². The molecule has 0 atom stereocenters. The Labute approximate surface area is 41.7 Å². The highest BCUT2D eigenvalue weighted by Gasteiger charge is 1.65. The van der Waals surface area contributed by atoms with Gasteiger partial charge in [-0.1, -0.05) is 0 Å². The van der Waals surface area contributed by atoms with Crippen molar-refractivity contribution < 1.29 is 9.90 Å². The summed E-state index contributed by atoms with van der Waals surface area (Å²) in [5.41, 5.74) is 0. The molecule has 0 aliphatic heterocycles. The van der Waals surface area contributed by atoms with Crippen LogP contribution >= 0.6 is 12.8 Å². The molecule has 0 radical (unpaired) electrons. The lowest BCUT2D eigenvalue weighted by Gasteiger charge is -1.59. The van der Waals surface area contributed by atoms with Gasteiger partial charge in [-0.2, -0.15) is 0 Å². The van der Waals surface area contributed by atoms with E-state index in [1.54, 1.807) is 0 Å². The molecule has 0 heterocycles. The van der Waals surface area contributed by atoms with Crippen LogP contribution in [0.1, 0.15) is 6.92 Å². The maximum absolute atomic E-state index is 9.00. The SMILES string of the molecule is CC(=O)O.NS. The maximum Gasteiger partial charge on any atom is 0.300 e. The Morgan fingerprint density at radius 1 is 1.83 bits per heavy atom. The molecule has 0 spiro atoms. The number of nitrogens with two attached hydrogens (primary N) is 1. The summed E-state index contributed by atoms with van der Waals surface area (Å²) in [5.74, 6) is -0.833. The summed E-state index contributed by atoms with van der Waals surface area (Å²) in [6.07, 6.45) is 0. The molecule has 4 heteroatoms. The van der Waals surface area contributed by atoms with Crippen molar-refractivity contribution in [3.63, 3.8) is 0 Å². The molecular weight excluding hydrogens is 102 g/mol. The van der Waals surface area contributed by atoms with Crippen molar-refractivity contribution in [3.05, 3.63) is 0 Å². The van der Waals surface area contributed by atoms with Crippen molar-refractivity contribution in [1.82, 2.24) is 0 Å². The Morgan fingerprint density at radius 3 is 1.83 bits per heavy atom. The number of thiol groups is 1. The van der Waals surface area contributed by atoms with Crippen LogP contribution < -0.4 is 5.14 Å². The van der Waals surface area contributed by atoms with Crippen molar-refractivity contribution in [3.8, 4) is 0 Å². The van der Waals surface area contributed by atoms with Gasteiger partial charge in [-0.3, -0.25) is 9.93 Å². The fourth-order valence-electron chi connectivity index (χ4n) is 0. The zero-order valence-electron chi connectivity index (χ0n) is 3.38. The van der Waals surface area contributed by atoms with Crippen molar-refractivity contribution in [2.45, 2.75) is 6.92 Å². The van der Waals surface area contributed by atoms with E-state index in [-0.39, 0.29) is 0 Å². The number of hydrogen-bond acceptors (Lipinski definition) is 3. The Hall–Kier alpha value is -0.220. The molecule has 0 amide bonds. The third-order valence-electron chi connectivity index (χ3n) is 0. The van der Waals surface area contributed by atoms with E-state index in [1.165, 1.54) is 0 Å². The van der Waals surface area contributed by atoms with Gasteiger partial charge in [0.15, 0.2) is 0 Å². The molecule has 0 saturated carbocycles. The predicted octanol–water partition coefficient (Wildman–Crippen LogP) is -0.119. The average Bonchev–Trinajstić information content (AvgIpc) is 1.41. The van der Waals surface area contributed by atoms with Gasteiger partial charge in [0.05, 0.1) is 0 Å². The summed E-state index contributed by atoms with van der Waals surface area (Å²) < 4.78 is 0. The van der Waals surface area contributed by atoms with E-state index in [0.29, 0.717) is 0 Å². The smallest absolute Gasteiger partial charge is 0.300 e. The van der Waals surface area contributed by atoms with E-state index in [0.717, 1.165) is 6.92 Å². The summed E-state index contributed by atoms with van der Waals surface area (Å²) in [6.45, 7) is 1.08. The molecular formula is C2H7NO2S. The van der Waals surface area contributed by atoms with Gasteiger partial charge in [0.2, 0.25) is 0 Å². The molecule has 0 aliphatic carbocycles. The third-order valence-corrected chi connectivity index (χ3v) is 0. The highest BCUT2D eigenvalue weighted by molar-refractivity contribution is 7.77. The molecule has 38 valence electrons. The molecule has 0 unspecified atom stereocenters. The van der Waals surface area contributed by atoms with Crippen LogP contribution in [0.25, 0.3) is 0 Å². The third kappa shape index (κ3) is 604. The normalized spacial score (nSPS) is 5.17. The van der Waals surface area contributed by atoms with Gasteiger partial charge in [0, 0.05) is 6.92 Å². The predicted molar refractivity (Wildman–Crippen MR) is 26.5 cm³/mol. The van der Waals surface area contributed by atoms with Crippen LogP contribution in [0.5, 0.6) is 0 Å². The fraction of sp³-hybridized carbons (Fsp3) is 0.500. The van der Waals surface area contributed by atoms with Crippen molar-refractivity contribution in [1.29, 1.82) is 0 Å². The quantitative estimate of drug-likeness (QED) is 0.380. The number of aliphatic carboxylic acids is 1. The largest absolute Gasteiger partial charge is 0.481 e. The van der Waals surface area contributed by atoms with Crippen LogP contribution in [-0.2, 0) is 4.79 Å². The number of carboxylic acid groups (broad SMARTS) is 1. The first-order chi connectivity index (χ1) is 2.73. The standard InChI is InChI=1S/C2H4O2.H3NS/c1-2(3)4;1-2/h1H3,(H,3,4);2H,1H2.